The summed E-state index contributed by atoms with van der Waals surface area (Å²) in [4.78, 5) is 19.9. The SMILES string of the molecule is CN1CCN(c2nc3ccccn3c2CO)CC1=O. The molecule has 3 rings (SSSR count). The Labute approximate surface area is 110 Å². The number of piperazine rings is 1. The highest BCUT2D eigenvalue weighted by molar-refractivity contribution is 5.82. The zero-order valence-electron chi connectivity index (χ0n) is 10.8. The molecule has 1 N–H and O–H groups in total. The Morgan fingerprint density at radius 3 is 2.95 bits per heavy atom. The molecule has 1 fully saturated rings. The summed E-state index contributed by atoms with van der Waals surface area (Å²) >= 11 is 0. The van der Waals surface area contributed by atoms with E-state index in [1.54, 1.807) is 11.9 Å². The maximum Gasteiger partial charge on any atom is 0.241 e. The quantitative estimate of drug-likeness (QED) is 0.832. The average molecular weight is 260 g/mol. The fraction of sp³-hybridized carbons (Fsp3) is 0.385. The van der Waals surface area contributed by atoms with Gasteiger partial charge in [-0.15, -0.1) is 0 Å². The predicted molar refractivity (Wildman–Crippen MR) is 71.0 cm³/mol. The number of carbonyl (C=O) groups is 1. The van der Waals surface area contributed by atoms with Gasteiger partial charge in [0, 0.05) is 26.3 Å². The maximum atomic E-state index is 11.8. The Balaban J connectivity index is 2.02. The summed E-state index contributed by atoms with van der Waals surface area (Å²) in [5.74, 6) is 0.780. The lowest BCUT2D eigenvalue weighted by atomic mass is 10.3. The van der Waals surface area contributed by atoms with Gasteiger partial charge in [0.15, 0.2) is 5.82 Å². The molecule has 0 aliphatic carbocycles. The highest BCUT2D eigenvalue weighted by Crippen LogP contribution is 2.23. The van der Waals surface area contributed by atoms with Gasteiger partial charge in [0.1, 0.15) is 5.65 Å². The van der Waals surface area contributed by atoms with Crippen LogP contribution in [0.3, 0.4) is 0 Å². The first-order valence-electron chi connectivity index (χ1n) is 6.26. The van der Waals surface area contributed by atoms with Crippen LogP contribution in [0.15, 0.2) is 24.4 Å². The molecule has 0 saturated carbocycles. The third-order valence-electron chi connectivity index (χ3n) is 3.51. The number of nitrogens with zero attached hydrogens (tertiary/aromatic N) is 4. The Hall–Kier alpha value is -2.08. The summed E-state index contributed by atoms with van der Waals surface area (Å²) in [6, 6.07) is 5.69. The molecule has 1 saturated heterocycles. The Morgan fingerprint density at radius 2 is 2.21 bits per heavy atom. The number of amides is 1. The molecule has 100 valence electrons. The maximum absolute atomic E-state index is 11.8. The van der Waals surface area contributed by atoms with Crippen molar-refractivity contribution < 1.29 is 9.90 Å². The minimum atomic E-state index is -0.0962. The standard InChI is InChI=1S/C13H16N4O2/c1-15-6-7-16(8-12(15)19)13-10(9-18)17-5-3-2-4-11(17)14-13/h2-5,18H,6-9H2,1H3. The van der Waals surface area contributed by atoms with Crippen LogP contribution in [-0.2, 0) is 11.4 Å². The van der Waals surface area contributed by atoms with E-state index in [-0.39, 0.29) is 12.5 Å². The van der Waals surface area contributed by atoms with Crippen molar-refractivity contribution in [3.63, 3.8) is 0 Å². The first-order chi connectivity index (χ1) is 9.20. The second-order valence-electron chi connectivity index (χ2n) is 4.71. The highest BCUT2D eigenvalue weighted by Gasteiger charge is 2.25. The van der Waals surface area contributed by atoms with Crippen LogP contribution in [-0.4, -0.2) is 52.0 Å². The molecule has 2 aromatic heterocycles. The van der Waals surface area contributed by atoms with Gasteiger partial charge in [0.05, 0.1) is 18.8 Å². The van der Waals surface area contributed by atoms with Gasteiger partial charge < -0.3 is 14.9 Å². The van der Waals surface area contributed by atoms with Crippen LogP contribution in [0.4, 0.5) is 5.82 Å². The van der Waals surface area contributed by atoms with Crippen molar-refractivity contribution in [1.29, 1.82) is 0 Å². The van der Waals surface area contributed by atoms with Crippen LogP contribution in [0.5, 0.6) is 0 Å². The third kappa shape index (κ3) is 1.94. The van der Waals surface area contributed by atoms with E-state index in [0.717, 1.165) is 17.9 Å². The van der Waals surface area contributed by atoms with E-state index in [4.69, 9.17) is 0 Å². The molecule has 6 heteroatoms. The topological polar surface area (TPSA) is 61.1 Å². The van der Waals surface area contributed by atoms with Crippen LogP contribution >= 0.6 is 0 Å². The van der Waals surface area contributed by atoms with E-state index in [0.29, 0.717) is 18.9 Å². The number of likely N-dealkylation sites (N-methyl/N-ethyl adjacent to an activating group) is 1. The number of fused-ring (bicyclic) bond motifs is 1. The molecule has 1 aliphatic rings. The summed E-state index contributed by atoms with van der Waals surface area (Å²) in [6.07, 6.45) is 1.87. The summed E-state index contributed by atoms with van der Waals surface area (Å²) < 4.78 is 1.86. The average Bonchev–Trinajstić information content (AvgIpc) is 2.80. The molecule has 0 aromatic carbocycles. The molecule has 3 heterocycles. The van der Waals surface area contributed by atoms with E-state index in [1.807, 2.05) is 33.7 Å². The van der Waals surface area contributed by atoms with Gasteiger partial charge in [0.25, 0.3) is 0 Å². The van der Waals surface area contributed by atoms with E-state index in [2.05, 4.69) is 4.98 Å². The Bertz CT molecular complexity index is 622. The van der Waals surface area contributed by atoms with Crippen molar-refractivity contribution in [3.8, 4) is 0 Å². The number of aliphatic hydroxyl groups excluding tert-OH is 1. The summed E-state index contributed by atoms with van der Waals surface area (Å²) in [5.41, 5.74) is 1.51. The van der Waals surface area contributed by atoms with Crippen LogP contribution in [0, 0.1) is 0 Å². The third-order valence-corrected chi connectivity index (χ3v) is 3.51. The summed E-state index contributed by atoms with van der Waals surface area (Å²) in [7, 11) is 1.80. The van der Waals surface area contributed by atoms with Crippen molar-refractivity contribution in [3.05, 3.63) is 30.1 Å². The van der Waals surface area contributed by atoms with Crippen LogP contribution in [0.25, 0.3) is 5.65 Å². The lowest BCUT2D eigenvalue weighted by Gasteiger charge is -2.32. The lowest BCUT2D eigenvalue weighted by molar-refractivity contribution is -0.129. The fourth-order valence-corrected chi connectivity index (χ4v) is 2.37. The molecule has 0 radical (unpaired) electrons. The van der Waals surface area contributed by atoms with Gasteiger partial charge in [-0.2, -0.15) is 0 Å². The Kier molecular flexibility index (Phi) is 2.87. The molecular weight excluding hydrogens is 244 g/mol. The monoisotopic (exact) mass is 260 g/mol. The second-order valence-corrected chi connectivity index (χ2v) is 4.71. The van der Waals surface area contributed by atoms with Crippen LogP contribution in [0.1, 0.15) is 5.69 Å². The number of pyridine rings is 1. The molecule has 0 bridgehead atoms. The zero-order valence-corrected chi connectivity index (χ0v) is 10.8. The normalized spacial score (nSPS) is 16.4. The smallest absolute Gasteiger partial charge is 0.241 e. The first kappa shape index (κ1) is 12.0. The number of hydrogen-bond donors (Lipinski definition) is 1. The minimum Gasteiger partial charge on any atom is -0.390 e. The molecule has 19 heavy (non-hydrogen) atoms. The van der Waals surface area contributed by atoms with Crippen molar-refractivity contribution in [2.45, 2.75) is 6.61 Å². The van der Waals surface area contributed by atoms with E-state index < -0.39 is 0 Å². The van der Waals surface area contributed by atoms with Gasteiger partial charge in [-0.05, 0) is 12.1 Å². The van der Waals surface area contributed by atoms with E-state index in [9.17, 15) is 9.90 Å². The molecular formula is C13H16N4O2. The van der Waals surface area contributed by atoms with E-state index >= 15 is 0 Å². The van der Waals surface area contributed by atoms with E-state index in [1.165, 1.54) is 0 Å². The second kappa shape index (κ2) is 4.55. The molecule has 0 atom stereocenters. The van der Waals surface area contributed by atoms with Crippen molar-refractivity contribution in [2.75, 3.05) is 31.6 Å². The largest absolute Gasteiger partial charge is 0.390 e. The number of aromatic nitrogens is 2. The molecule has 1 amide bonds. The number of carbonyl (C=O) groups excluding carboxylic acids is 1. The van der Waals surface area contributed by atoms with Crippen molar-refractivity contribution >= 4 is 17.4 Å². The van der Waals surface area contributed by atoms with Gasteiger partial charge in [-0.3, -0.25) is 9.20 Å². The highest BCUT2D eigenvalue weighted by atomic mass is 16.3. The number of rotatable bonds is 2. The first-order valence-corrected chi connectivity index (χ1v) is 6.26. The fourth-order valence-electron chi connectivity index (χ4n) is 2.37. The van der Waals surface area contributed by atoms with Crippen molar-refractivity contribution in [1.82, 2.24) is 14.3 Å². The molecule has 0 spiro atoms. The molecule has 2 aromatic rings. The zero-order chi connectivity index (χ0) is 13.4. The van der Waals surface area contributed by atoms with Crippen LogP contribution in [0.2, 0.25) is 0 Å². The van der Waals surface area contributed by atoms with Gasteiger partial charge in [0.2, 0.25) is 5.91 Å². The molecule has 6 nitrogen and oxygen atoms in total. The van der Waals surface area contributed by atoms with Gasteiger partial charge in [-0.25, -0.2) is 4.98 Å². The Morgan fingerprint density at radius 1 is 1.37 bits per heavy atom. The number of anilines is 1. The number of hydrogen-bond acceptors (Lipinski definition) is 4. The van der Waals surface area contributed by atoms with Gasteiger partial charge >= 0.3 is 0 Å². The number of aliphatic hydroxyl groups is 1. The summed E-state index contributed by atoms with van der Waals surface area (Å²) in [5, 5.41) is 9.57. The predicted octanol–water partition coefficient (Wildman–Crippen LogP) is 0.105. The minimum absolute atomic E-state index is 0.0761. The number of imidazole rings is 1. The lowest BCUT2D eigenvalue weighted by Crippen LogP contribution is -2.49. The summed E-state index contributed by atoms with van der Waals surface area (Å²) in [6.45, 7) is 1.63. The molecule has 1 aliphatic heterocycles. The van der Waals surface area contributed by atoms with Crippen LogP contribution < -0.4 is 4.90 Å². The molecule has 0 unspecified atom stereocenters. The van der Waals surface area contributed by atoms with Gasteiger partial charge in [-0.1, -0.05) is 6.07 Å². The van der Waals surface area contributed by atoms with Crippen molar-refractivity contribution in [2.24, 2.45) is 0 Å².